The third-order valence-corrected chi connectivity index (χ3v) is 19.5. The van der Waals surface area contributed by atoms with Crippen molar-refractivity contribution in [3.8, 4) is 6.07 Å². The van der Waals surface area contributed by atoms with E-state index in [9.17, 15) is 43.6 Å². The number of carbonyl (C=O) groups is 8. The Bertz CT molecular complexity index is 4460. The molecule has 440 valence electrons. The molecule has 10 aromatic rings. The van der Waals surface area contributed by atoms with Gasteiger partial charge in [-0.25, -0.2) is 4.85 Å². The summed E-state index contributed by atoms with van der Waals surface area (Å²) >= 11 is 0. The van der Waals surface area contributed by atoms with Crippen molar-refractivity contribution < 1.29 is 38.4 Å². The number of nitrogens with zero attached hydrogens (tertiary/aromatic N) is 6. The number of hydrogen-bond donors (Lipinski definition) is 0. The van der Waals surface area contributed by atoms with E-state index in [4.69, 9.17) is 6.57 Å². The molecule has 4 atom stereocenters. The molecule has 14 nitrogen and oxygen atoms in total. The molecule has 0 unspecified atom stereocenters. The zero-order chi connectivity index (χ0) is 62.0. The van der Waals surface area contributed by atoms with Crippen LogP contribution < -0.4 is 0 Å². The molecule has 0 fully saturated rings. The first-order chi connectivity index (χ1) is 42.5. The van der Waals surface area contributed by atoms with E-state index in [1.165, 1.54) is 19.6 Å². The minimum Gasteiger partial charge on any atom is -0.272 e. The lowest BCUT2D eigenvalue weighted by Gasteiger charge is -2.34. The highest BCUT2D eigenvalue weighted by Gasteiger charge is 2.43. The number of benzene rings is 10. The maximum absolute atomic E-state index is 14.0. The minimum atomic E-state index is -0.434. The first kappa shape index (κ1) is 57.4. The molecule has 4 aliphatic rings. The molecule has 0 N–H and O–H groups in total. The molecule has 0 bridgehead atoms. The largest absolute Gasteiger partial charge is 0.272 e. The van der Waals surface area contributed by atoms with E-state index >= 15 is 0 Å². The summed E-state index contributed by atoms with van der Waals surface area (Å²) in [7, 11) is 0. The highest BCUT2D eigenvalue weighted by Crippen LogP contribution is 2.52. The Morgan fingerprint density at radius 3 is 0.909 bits per heavy atom. The van der Waals surface area contributed by atoms with Gasteiger partial charge in [-0.05, 0) is 161 Å². The van der Waals surface area contributed by atoms with Gasteiger partial charge in [-0.15, -0.1) is 0 Å². The van der Waals surface area contributed by atoms with Crippen molar-refractivity contribution in [2.45, 2.75) is 157 Å². The number of hydrogen-bond acceptors (Lipinski definition) is 9. The monoisotopic (exact) mass is 1170 g/mol. The summed E-state index contributed by atoms with van der Waals surface area (Å²) in [5.41, 5.74) is 4.01. The third-order valence-electron chi connectivity index (χ3n) is 19.5. The van der Waals surface area contributed by atoms with E-state index in [0.29, 0.717) is 106 Å². The summed E-state index contributed by atoms with van der Waals surface area (Å²) in [4.78, 5) is 120. The molecule has 4 aliphatic heterocycles. The second kappa shape index (κ2) is 21.6. The Labute approximate surface area is 509 Å². The van der Waals surface area contributed by atoms with Crippen LogP contribution in [0.15, 0.2) is 84.9 Å². The number of imide groups is 4. The van der Waals surface area contributed by atoms with Crippen molar-refractivity contribution in [3.63, 3.8) is 0 Å². The van der Waals surface area contributed by atoms with Gasteiger partial charge in [0.05, 0.1) is 23.8 Å². The van der Waals surface area contributed by atoms with Crippen LogP contribution in [0.2, 0.25) is 0 Å². The average molecular weight is 1170 g/mol. The van der Waals surface area contributed by atoms with Crippen molar-refractivity contribution in [2.75, 3.05) is 0 Å². The molecule has 8 amide bonds. The molecule has 0 aliphatic carbocycles. The summed E-state index contributed by atoms with van der Waals surface area (Å²) in [6.45, 7) is 24.1. The molecule has 0 radical (unpaired) electrons. The van der Waals surface area contributed by atoms with Crippen molar-refractivity contribution in [1.82, 2.24) is 19.6 Å². The fourth-order valence-corrected chi connectivity index (χ4v) is 15.1. The fraction of sp³-hybridized carbons (Fsp3) is 0.324. The van der Waals surface area contributed by atoms with Crippen molar-refractivity contribution in [3.05, 3.63) is 146 Å². The van der Waals surface area contributed by atoms with Gasteiger partial charge in [-0.2, -0.15) is 5.26 Å². The van der Waals surface area contributed by atoms with Gasteiger partial charge >= 0.3 is 0 Å². The maximum Gasteiger partial charge on any atom is 0.261 e. The van der Waals surface area contributed by atoms with E-state index in [1.807, 2.05) is 76.2 Å². The molecule has 0 saturated carbocycles. The molecular formula is C74H66N6O8. The van der Waals surface area contributed by atoms with Gasteiger partial charge in [0.25, 0.3) is 47.3 Å². The molecule has 14 heteroatoms. The van der Waals surface area contributed by atoms with Gasteiger partial charge in [0.2, 0.25) is 0 Å². The topological polar surface area (TPSA) is 178 Å². The summed E-state index contributed by atoms with van der Waals surface area (Å²) in [6, 6.07) is 26.6. The fourth-order valence-electron chi connectivity index (χ4n) is 15.1. The van der Waals surface area contributed by atoms with E-state index in [-0.39, 0.29) is 76.4 Å². The Morgan fingerprint density at radius 1 is 0.352 bits per heavy atom. The average Bonchev–Trinajstić information content (AvgIpc) is 0.702. The number of fused-ring (bicyclic) bond motifs is 4. The predicted octanol–water partition coefficient (Wildman–Crippen LogP) is 16.6. The van der Waals surface area contributed by atoms with E-state index in [2.05, 4.69) is 38.6 Å². The lowest BCUT2D eigenvalue weighted by Crippen LogP contribution is -2.46. The number of amides is 8. The lowest BCUT2D eigenvalue weighted by molar-refractivity contribution is 0.0527. The van der Waals surface area contributed by atoms with Crippen molar-refractivity contribution in [2.24, 2.45) is 0 Å². The molecule has 88 heavy (non-hydrogen) atoms. The molecule has 14 rings (SSSR count). The van der Waals surface area contributed by atoms with Crippen LogP contribution in [0.5, 0.6) is 0 Å². The van der Waals surface area contributed by atoms with Crippen molar-refractivity contribution >= 4 is 139 Å². The molecule has 4 heterocycles. The second-order valence-corrected chi connectivity index (χ2v) is 24.7. The Kier molecular flexibility index (Phi) is 14.1. The molecule has 10 aromatic carbocycles. The van der Waals surface area contributed by atoms with Crippen LogP contribution in [0.1, 0.15) is 221 Å². The zero-order valence-corrected chi connectivity index (χ0v) is 50.8. The smallest absolute Gasteiger partial charge is 0.261 e. The molecular weight excluding hydrogens is 1100 g/mol. The van der Waals surface area contributed by atoms with Gasteiger partial charge in [-0.3, -0.25) is 58.0 Å². The van der Waals surface area contributed by atoms with Crippen LogP contribution in [0.3, 0.4) is 0 Å². The van der Waals surface area contributed by atoms with Crippen LogP contribution >= 0.6 is 0 Å². The van der Waals surface area contributed by atoms with Crippen LogP contribution in [-0.4, -0.2) is 91.0 Å². The van der Waals surface area contributed by atoms with Gasteiger partial charge in [0.1, 0.15) is 0 Å². The number of rotatable bonds is 16. The minimum absolute atomic E-state index is 0.184. The second-order valence-electron chi connectivity index (χ2n) is 24.7. The number of nitriles is 1. The van der Waals surface area contributed by atoms with Gasteiger partial charge in [0, 0.05) is 90.0 Å². The quantitative estimate of drug-likeness (QED) is 0.0394. The van der Waals surface area contributed by atoms with Crippen LogP contribution in [0, 0.1) is 17.9 Å². The van der Waals surface area contributed by atoms with Crippen LogP contribution in [-0.2, 0) is 0 Å². The van der Waals surface area contributed by atoms with Crippen LogP contribution in [0.25, 0.3) is 91.0 Å². The normalized spacial score (nSPS) is 16.2. The molecule has 0 spiro atoms. The Balaban J connectivity index is 0.000000163. The predicted molar refractivity (Wildman–Crippen MR) is 344 cm³/mol. The summed E-state index contributed by atoms with van der Waals surface area (Å²) < 4.78 is 0. The van der Waals surface area contributed by atoms with E-state index < -0.39 is 11.8 Å². The number of unbranched alkanes of at least 4 members (excludes halogenated alkanes) is 4. The maximum atomic E-state index is 14.0. The number of carbonyl (C=O) groups excluding carboxylic acids is 8. The Morgan fingerprint density at radius 2 is 0.614 bits per heavy atom. The van der Waals surface area contributed by atoms with E-state index in [1.54, 1.807) is 36.4 Å². The summed E-state index contributed by atoms with van der Waals surface area (Å²) in [5, 5.41) is 21.6. The van der Waals surface area contributed by atoms with Crippen molar-refractivity contribution in [1.29, 1.82) is 5.26 Å². The first-order valence-electron chi connectivity index (χ1n) is 31.3. The van der Waals surface area contributed by atoms with Gasteiger partial charge in [0.15, 0.2) is 5.69 Å². The summed E-state index contributed by atoms with van der Waals surface area (Å²) in [6.07, 6.45) is 10.4. The molecule has 0 saturated heterocycles. The first-order valence-corrected chi connectivity index (χ1v) is 31.3. The van der Waals surface area contributed by atoms with Gasteiger partial charge < -0.3 is 0 Å². The highest BCUT2D eigenvalue weighted by molar-refractivity contribution is 6.45. The summed E-state index contributed by atoms with van der Waals surface area (Å²) in [5.74, 6) is -2.60. The Hall–Kier alpha value is -9.66. The zero-order valence-electron chi connectivity index (χ0n) is 50.8. The highest BCUT2D eigenvalue weighted by atomic mass is 16.2. The third kappa shape index (κ3) is 8.03. The lowest BCUT2D eigenvalue weighted by atomic mass is 9.80. The SMILES string of the molecule is CCCC[C@H](C)N1C(=O)c2ccc3c4ccc5c6c(ccc(c7ccc(c2c37)C1=O)c64)C(=O)N([C@@H](C)CCCC)C5=O.[C-]#[N+]c1cc2c3c(ccc4c5c(C#N)cc6c7c(ccc(c1c34)c75)C(=O)N([C@@H](C)CCCC)C6=O)C(=O)N([C@@H](C)CCCC)C2=O. The van der Waals surface area contributed by atoms with Gasteiger partial charge in [-0.1, -0.05) is 115 Å². The van der Waals surface area contributed by atoms with Crippen LogP contribution in [0.4, 0.5) is 5.69 Å². The van der Waals surface area contributed by atoms with E-state index in [0.717, 1.165) is 96.5 Å². The standard InChI is InChI=1S/C38H32N4O4.C36H34N2O4/c1-6-8-10-19(3)41-35(43)24-15-13-23-32-28(40-5)17-27-31-25(36(44)42(38(27)46)20(4)11-9-7-2)14-12-22(34(31)32)29-21(18-39)16-26(37(41)45)30(24)33(23)29;1-5-7-9-19(3)37-33(39)25-15-11-21-23-13-17-27-32-28(36(42)38(35(27)41)20(4)10-8-6-2)18-14-24(30(23)32)22-12-16-26(34(37)40)31(25)29(21)22/h12-17,19-20H,6-11H2,1-4H3;11-20H,5-10H2,1-4H3/t2*19-,20-/m00/s1. The molecule has 0 aromatic heterocycles.